The number of rotatable bonds is 2. The average molecular weight is 227 g/mol. The zero-order valence-electron chi connectivity index (χ0n) is 9.14. The molecule has 2 heterocycles. The van der Waals surface area contributed by atoms with E-state index in [1.807, 2.05) is 0 Å². The van der Waals surface area contributed by atoms with E-state index in [2.05, 4.69) is 4.98 Å². The van der Waals surface area contributed by atoms with Gasteiger partial charge in [-0.1, -0.05) is 0 Å². The standard InChI is InChI=1S/C13H9NO3/c1-16-11-3-2-8(7-15)12-9-6-14-5-4-10(9)17-13(11)12/h2-7H,1H3. The van der Waals surface area contributed by atoms with Crippen molar-refractivity contribution in [2.24, 2.45) is 0 Å². The molecule has 0 radical (unpaired) electrons. The largest absolute Gasteiger partial charge is 0.493 e. The topological polar surface area (TPSA) is 52.3 Å². The van der Waals surface area contributed by atoms with Crippen molar-refractivity contribution in [2.75, 3.05) is 7.11 Å². The van der Waals surface area contributed by atoms with Crippen LogP contribution in [0, 0.1) is 0 Å². The number of furan rings is 1. The second kappa shape index (κ2) is 3.59. The van der Waals surface area contributed by atoms with E-state index in [9.17, 15) is 4.79 Å². The number of nitrogens with zero attached hydrogens (tertiary/aromatic N) is 1. The minimum atomic E-state index is 0.576. The molecule has 1 aromatic carbocycles. The minimum Gasteiger partial charge on any atom is -0.493 e. The highest BCUT2D eigenvalue weighted by molar-refractivity contribution is 6.13. The number of aromatic nitrogens is 1. The Hall–Kier alpha value is -2.36. The highest BCUT2D eigenvalue weighted by Crippen LogP contribution is 2.35. The van der Waals surface area contributed by atoms with Crippen LogP contribution in [0.5, 0.6) is 5.75 Å². The van der Waals surface area contributed by atoms with Crippen LogP contribution in [0.3, 0.4) is 0 Å². The summed E-state index contributed by atoms with van der Waals surface area (Å²) in [5.41, 5.74) is 1.86. The fourth-order valence-corrected chi connectivity index (χ4v) is 1.99. The summed E-state index contributed by atoms with van der Waals surface area (Å²) in [6.07, 6.45) is 4.15. The molecule has 17 heavy (non-hydrogen) atoms. The fourth-order valence-electron chi connectivity index (χ4n) is 1.99. The smallest absolute Gasteiger partial charge is 0.178 e. The van der Waals surface area contributed by atoms with Gasteiger partial charge in [0.05, 0.1) is 7.11 Å². The molecule has 0 atom stereocenters. The minimum absolute atomic E-state index is 0.576. The van der Waals surface area contributed by atoms with Gasteiger partial charge in [0, 0.05) is 28.7 Å². The molecule has 3 rings (SSSR count). The maximum atomic E-state index is 11.1. The first-order valence-corrected chi connectivity index (χ1v) is 5.13. The highest BCUT2D eigenvalue weighted by atomic mass is 16.5. The zero-order chi connectivity index (χ0) is 11.8. The van der Waals surface area contributed by atoms with Crippen molar-refractivity contribution in [1.29, 1.82) is 0 Å². The number of benzene rings is 1. The van der Waals surface area contributed by atoms with Crippen LogP contribution in [0.15, 0.2) is 35.0 Å². The summed E-state index contributed by atoms with van der Waals surface area (Å²) >= 11 is 0. The Balaban J connectivity index is 2.57. The molecule has 84 valence electrons. The maximum Gasteiger partial charge on any atom is 0.178 e. The van der Waals surface area contributed by atoms with Gasteiger partial charge < -0.3 is 9.15 Å². The molecule has 0 saturated heterocycles. The fraction of sp³-hybridized carbons (Fsp3) is 0.0769. The summed E-state index contributed by atoms with van der Waals surface area (Å²) in [6.45, 7) is 0. The molecule has 3 aromatic rings. The number of fused-ring (bicyclic) bond motifs is 3. The summed E-state index contributed by atoms with van der Waals surface area (Å²) in [5, 5.41) is 1.57. The molecule has 0 unspecified atom stereocenters. The molecular formula is C13H9NO3. The third-order valence-electron chi connectivity index (χ3n) is 2.76. The van der Waals surface area contributed by atoms with Crippen LogP contribution in [0.1, 0.15) is 10.4 Å². The van der Waals surface area contributed by atoms with Crippen molar-refractivity contribution in [3.8, 4) is 5.75 Å². The molecule has 0 amide bonds. The van der Waals surface area contributed by atoms with Crippen molar-refractivity contribution in [1.82, 2.24) is 4.98 Å². The van der Waals surface area contributed by atoms with Gasteiger partial charge in [0.1, 0.15) is 5.58 Å². The molecule has 0 saturated carbocycles. The van der Waals surface area contributed by atoms with E-state index in [-0.39, 0.29) is 0 Å². The Kier molecular flexibility index (Phi) is 2.08. The van der Waals surface area contributed by atoms with Gasteiger partial charge in [0.2, 0.25) is 0 Å². The van der Waals surface area contributed by atoms with Crippen molar-refractivity contribution in [2.45, 2.75) is 0 Å². The van der Waals surface area contributed by atoms with Crippen LogP contribution in [0.2, 0.25) is 0 Å². The summed E-state index contributed by atoms with van der Waals surface area (Å²) in [4.78, 5) is 15.1. The molecule has 4 heteroatoms. The molecule has 2 aromatic heterocycles. The van der Waals surface area contributed by atoms with Crippen LogP contribution in [-0.2, 0) is 0 Å². The van der Waals surface area contributed by atoms with Crippen LogP contribution < -0.4 is 4.74 Å². The normalized spacial score (nSPS) is 10.9. The first kappa shape index (κ1) is 9.84. The first-order valence-electron chi connectivity index (χ1n) is 5.13. The number of carbonyl (C=O) groups is 1. The van der Waals surface area contributed by atoms with E-state index in [4.69, 9.17) is 9.15 Å². The summed E-state index contributed by atoms with van der Waals surface area (Å²) < 4.78 is 10.9. The summed E-state index contributed by atoms with van der Waals surface area (Å²) in [5.74, 6) is 0.613. The van der Waals surface area contributed by atoms with Crippen LogP contribution in [-0.4, -0.2) is 18.4 Å². The monoisotopic (exact) mass is 227 g/mol. The predicted octanol–water partition coefficient (Wildman–Crippen LogP) is 2.80. The van der Waals surface area contributed by atoms with E-state index in [0.29, 0.717) is 22.5 Å². The summed E-state index contributed by atoms with van der Waals surface area (Å²) in [7, 11) is 1.57. The SMILES string of the molecule is COc1ccc(C=O)c2c1oc1ccncc12. The molecule has 4 nitrogen and oxygen atoms in total. The van der Waals surface area contributed by atoms with Crippen molar-refractivity contribution in [3.05, 3.63) is 36.2 Å². The van der Waals surface area contributed by atoms with E-state index < -0.39 is 0 Å². The Morgan fingerprint density at radius 1 is 1.35 bits per heavy atom. The lowest BCUT2D eigenvalue weighted by Crippen LogP contribution is -1.86. The van der Waals surface area contributed by atoms with E-state index >= 15 is 0 Å². The molecule has 0 bridgehead atoms. The van der Waals surface area contributed by atoms with Gasteiger partial charge in [0.15, 0.2) is 17.6 Å². The van der Waals surface area contributed by atoms with Gasteiger partial charge in [-0.2, -0.15) is 0 Å². The maximum absolute atomic E-state index is 11.1. The molecular weight excluding hydrogens is 218 g/mol. The number of hydrogen-bond donors (Lipinski definition) is 0. The Morgan fingerprint density at radius 2 is 2.24 bits per heavy atom. The van der Waals surface area contributed by atoms with E-state index in [1.54, 1.807) is 37.7 Å². The second-order valence-corrected chi connectivity index (χ2v) is 3.65. The van der Waals surface area contributed by atoms with Gasteiger partial charge in [0.25, 0.3) is 0 Å². The third-order valence-corrected chi connectivity index (χ3v) is 2.76. The Morgan fingerprint density at radius 3 is 3.00 bits per heavy atom. The zero-order valence-corrected chi connectivity index (χ0v) is 9.14. The number of aldehydes is 1. The van der Waals surface area contributed by atoms with Crippen LogP contribution in [0.25, 0.3) is 21.9 Å². The number of methoxy groups -OCH3 is 1. The third kappa shape index (κ3) is 1.30. The first-order chi connectivity index (χ1) is 8.35. The highest BCUT2D eigenvalue weighted by Gasteiger charge is 2.14. The van der Waals surface area contributed by atoms with Gasteiger partial charge in [-0.15, -0.1) is 0 Å². The van der Waals surface area contributed by atoms with Crippen molar-refractivity contribution >= 4 is 28.2 Å². The molecule has 0 aliphatic rings. The average Bonchev–Trinajstić information content (AvgIpc) is 2.77. The number of ether oxygens (including phenoxy) is 1. The number of pyridine rings is 1. The quantitative estimate of drug-likeness (QED) is 0.631. The van der Waals surface area contributed by atoms with Gasteiger partial charge in [-0.3, -0.25) is 9.78 Å². The lowest BCUT2D eigenvalue weighted by Gasteiger charge is -2.01. The van der Waals surface area contributed by atoms with Crippen LogP contribution >= 0.6 is 0 Å². The van der Waals surface area contributed by atoms with Gasteiger partial charge in [-0.05, 0) is 18.2 Å². The van der Waals surface area contributed by atoms with Gasteiger partial charge in [-0.25, -0.2) is 0 Å². The van der Waals surface area contributed by atoms with Crippen LogP contribution in [0.4, 0.5) is 0 Å². The molecule has 0 N–H and O–H groups in total. The van der Waals surface area contributed by atoms with Gasteiger partial charge >= 0.3 is 0 Å². The number of carbonyl (C=O) groups excluding carboxylic acids is 1. The molecule has 0 spiro atoms. The lowest BCUT2D eigenvalue weighted by atomic mass is 10.1. The predicted molar refractivity (Wildman–Crippen MR) is 63.5 cm³/mol. The van der Waals surface area contributed by atoms with Crippen molar-refractivity contribution < 1.29 is 13.9 Å². The number of hydrogen-bond acceptors (Lipinski definition) is 4. The van der Waals surface area contributed by atoms with Crippen molar-refractivity contribution in [3.63, 3.8) is 0 Å². The molecule has 0 fully saturated rings. The molecule has 0 aliphatic heterocycles. The van der Waals surface area contributed by atoms with E-state index in [0.717, 1.165) is 17.1 Å². The van der Waals surface area contributed by atoms with E-state index in [1.165, 1.54) is 0 Å². The summed E-state index contributed by atoms with van der Waals surface area (Å²) in [6, 6.07) is 5.21. The lowest BCUT2D eigenvalue weighted by molar-refractivity contribution is 0.112. The Labute approximate surface area is 96.8 Å². The molecule has 0 aliphatic carbocycles. The second-order valence-electron chi connectivity index (χ2n) is 3.65. The Bertz CT molecular complexity index is 715.